The molecule has 0 amide bonds. The second-order valence-electron chi connectivity index (χ2n) is 6.80. The van der Waals surface area contributed by atoms with E-state index in [-0.39, 0.29) is 12.0 Å². The van der Waals surface area contributed by atoms with Gasteiger partial charge in [-0.25, -0.2) is 5.01 Å². The maximum atomic E-state index is 7.73. The van der Waals surface area contributed by atoms with E-state index < -0.39 is 0 Å². The fourth-order valence-corrected chi connectivity index (χ4v) is 4.84. The first-order chi connectivity index (χ1) is 11.9. The molecule has 2 aliphatic heterocycles. The van der Waals surface area contributed by atoms with Crippen LogP contribution in [0.2, 0.25) is 0 Å². The van der Waals surface area contributed by atoms with Crippen LogP contribution >= 0.6 is 11.3 Å². The Labute approximate surface area is 153 Å². The second kappa shape index (κ2) is 6.67. The third-order valence-corrected chi connectivity index (χ3v) is 6.27. The zero-order valence-electron chi connectivity index (χ0n) is 15.6. The summed E-state index contributed by atoms with van der Waals surface area (Å²) in [5.41, 5.74) is 11.5. The molecule has 3 rings (SSSR count). The van der Waals surface area contributed by atoms with E-state index in [0.29, 0.717) is 5.92 Å². The normalized spacial score (nSPS) is 19.8. The number of nitrogens with zero attached hydrogens (tertiary/aromatic N) is 2. The first-order valence-electron chi connectivity index (χ1n) is 8.85. The number of hydrogen-bond donors (Lipinski definition) is 3. The Hall–Kier alpha value is -2.08. The van der Waals surface area contributed by atoms with E-state index in [9.17, 15) is 0 Å². The van der Waals surface area contributed by atoms with Crippen LogP contribution in [0, 0.1) is 18.3 Å². The van der Waals surface area contributed by atoms with Crippen molar-refractivity contribution in [2.45, 2.75) is 53.6 Å². The molecule has 1 aromatic rings. The molecule has 1 aromatic heterocycles. The van der Waals surface area contributed by atoms with Crippen LogP contribution in [0.3, 0.4) is 0 Å². The van der Waals surface area contributed by atoms with Gasteiger partial charge in [0.15, 0.2) is 0 Å². The van der Waals surface area contributed by atoms with Crippen LogP contribution in [0.5, 0.6) is 0 Å². The Morgan fingerprint density at radius 1 is 1.36 bits per heavy atom. The van der Waals surface area contributed by atoms with Gasteiger partial charge >= 0.3 is 0 Å². The first kappa shape index (κ1) is 17.7. The van der Waals surface area contributed by atoms with Crippen molar-refractivity contribution in [3.63, 3.8) is 0 Å². The van der Waals surface area contributed by atoms with E-state index >= 15 is 0 Å². The quantitative estimate of drug-likeness (QED) is 0.550. The largest absolute Gasteiger partial charge is 0.383 e. The Bertz CT molecular complexity index is 795. The Morgan fingerprint density at radius 3 is 2.60 bits per heavy atom. The fourth-order valence-electron chi connectivity index (χ4n) is 3.71. The summed E-state index contributed by atoms with van der Waals surface area (Å²) in [6.45, 7) is 10.7. The van der Waals surface area contributed by atoms with Crippen LogP contribution in [0.15, 0.2) is 28.5 Å². The molecule has 2 aliphatic rings. The van der Waals surface area contributed by atoms with Gasteiger partial charge in [0.05, 0.1) is 21.2 Å². The molecular weight excluding hydrogens is 330 g/mol. The van der Waals surface area contributed by atoms with Gasteiger partial charge in [-0.1, -0.05) is 13.8 Å². The zero-order valence-corrected chi connectivity index (χ0v) is 16.4. The van der Waals surface area contributed by atoms with Gasteiger partial charge in [-0.2, -0.15) is 5.10 Å². The zero-order chi connectivity index (χ0) is 18.3. The predicted octanol–water partition coefficient (Wildman–Crippen LogP) is 4.01. The SMILES string of the molecule is CCC(CC)C1=CC(C)=NN2C(c3sc(C(=N)N)cc3C)=C(C)NC12. The molecule has 0 fully saturated rings. The minimum absolute atomic E-state index is 0.0888. The summed E-state index contributed by atoms with van der Waals surface area (Å²) in [5, 5.41) is 18.3. The molecule has 0 radical (unpaired) electrons. The summed E-state index contributed by atoms with van der Waals surface area (Å²) in [6, 6.07) is 1.99. The first-order valence-corrected chi connectivity index (χ1v) is 9.67. The molecular formula is C19H27N5S. The van der Waals surface area contributed by atoms with Crippen LogP contribution in [-0.4, -0.2) is 22.7 Å². The number of allylic oxidation sites excluding steroid dienone is 2. The predicted molar refractivity (Wildman–Crippen MR) is 107 cm³/mol. The Kier molecular flexibility index (Phi) is 4.73. The van der Waals surface area contributed by atoms with Crippen molar-refractivity contribution in [3.05, 3.63) is 38.7 Å². The molecule has 5 nitrogen and oxygen atoms in total. The number of nitrogens with one attached hydrogen (secondary N) is 2. The highest BCUT2D eigenvalue weighted by Gasteiger charge is 2.38. The summed E-state index contributed by atoms with van der Waals surface area (Å²) < 4.78 is 0. The molecule has 6 heteroatoms. The standard InChI is InChI=1S/C19H27N5S/c1-6-13(7-2)14-9-11(4)23-24-16(12(5)22-19(14)24)17-10(3)8-15(25-17)18(20)21/h8-9,13,19,22H,6-7H2,1-5H3,(H3,20,21). The van der Waals surface area contributed by atoms with Gasteiger partial charge in [-0.15, -0.1) is 11.3 Å². The third-order valence-electron chi connectivity index (χ3n) is 4.99. The maximum Gasteiger partial charge on any atom is 0.143 e. The van der Waals surface area contributed by atoms with Crippen molar-refractivity contribution in [2.75, 3.05) is 0 Å². The number of nitrogen functional groups attached to an aromatic ring is 1. The van der Waals surface area contributed by atoms with E-state index in [1.165, 1.54) is 5.57 Å². The number of nitrogens with two attached hydrogens (primary N) is 1. The summed E-state index contributed by atoms with van der Waals surface area (Å²) in [7, 11) is 0. The molecule has 0 saturated heterocycles. The molecule has 1 atom stereocenters. The van der Waals surface area contributed by atoms with E-state index in [2.05, 4.69) is 51.0 Å². The monoisotopic (exact) mass is 357 g/mol. The molecule has 25 heavy (non-hydrogen) atoms. The number of rotatable bonds is 5. The van der Waals surface area contributed by atoms with E-state index in [0.717, 1.165) is 45.3 Å². The molecule has 134 valence electrons. The van der Waals surface area contributed by atoms with Gasteiger partial charge in [0.1, 0.15) is 12.0 Å². The topological polar surface area (TPSA) is 77.5 Å². The van der Waals surface area contributed by atoms with Crippen LogP contribution in [-0.2, 0) is 0 Å². The smallest absolute Gasteiger partial charge is 0.143 e. The molecule has 3 heterocycles. The highest BCUT2D eigenvalue weighted by molar-refractivity contribution is 7.15. The lowest BCUT2D eigenvalue weighted by Crippen LogP contribution is -2.40. The number of fused-ring (bicyclic) bond motifs is 1. The van der Waals surface area contributed by atoms with Crippen molar-refractivity contribution >= 4 is 28.6 Å². The number of amidine groups is 1. The summed E-state index contributed by atoms with van der Waals surface area (Å²) in [4.78, 5) is 1.95. The lowest BCUT2D eigenvalue weighted by molar-refractivity contribution is 0.309. The van der Waals surface area contributed by atoms with E-state index in [1.807, 2.05) is 6.07 Å². The van der Waals surface area contributed by atoms with Gasteiger partial charge < -0.3 is 11.1 Å². The van der Waals surface area contributed by atoms with Crippen molar-refractivity contribution in [1.82, 2.24) is 10.3 Å². The third kappa shape index (κ3) is 2.99. The highest BCUT2D eigenvalue weighted by Crippen LogP contribution is 2.41. The average molecular weight is 358 g/mol. The number of thiophene rings is 1. The van der Waals surface area contributed by atoms with Gasteiger partial charge in [0, 0.05) is 5.70 Å². The van der Waals surface area contributed by atoms with E-state index in [1.54, 1.807) is 11.3 Å². The molecule has 4 N–H and O–H groups in total. The molecule has 0 saturated carbocycles. The molecule has 0 bridgehead atoms. The average Bonchev–Trinajstić information content (AvgIpc) is 3.08. The van der Waals surface area contributed by atoms with Crippen LogP contribution in [0.25, 0.3) is 5.70 Å². The van der Waals surface area contributed by atoms with Crippen LogP contribution < -0.4 is 11.1 Å². The molecule has 1 unspecified atom stereocenters. The minimum Gasteiger partial charge on any atom is -0.383 e. The number of hydrazone groups is 1. The van der Waals surface area contributed by atoms with Gasteiger partial charge in [0.2, 0.25) is 0 Å². The maximum absolute atomic E-state index is 7.73. The van der Waals surface area contributed by atoms with Gasteiger partial charge in [-0.3, -0.25) is 5.41 Å². The number of hydrogen-bond acceptors (Lipinski definition) is 5. The van der Waals surface area contributed by atoms with Crippen molar-refractivity contribution in [1.29, 1.82) is 5.41 Å². The molecule has 0 spiro atoms. The lowest BCUT2D eigenvalue weighted by Gasteiger charge is -2.33. The van der Waals surface area contributed by atoms with Gasteiger partial charge in [0.25, 0.3) is 0 Å². The summed E-state index contributed by atoms with van der Waals surface area (Å²) >= 11 is 1.57. The highest BCUT2D eigenvalue weighted by atomic mass is 32.1. The lowest BCUT2D eigenvalue weighted by atomic mass is 9.89. The Balaban J connectivity index is 2.03. The van der Waals surface area contributed by atoms with Crippen LogP contribution in [0.1, 0.15) is 55.9 Å². The van der Waals surface area contributed by atoms with Crippen LogP contribution in [0.4, 0.5) is 0 Å². The second-order valence-corrected chi connectivity index (χ2v) is 7.85. The molecule has 0 aromatic carbocycles. The van der Waals surface area contributed by atoms with E-state index in [4.69, 9.17) is 16.2 Å². The summed E-state index contributed by atoms with van der Waals surface area (Å²) in [5.74, 6) is 0.672. The summed E-state index contributed by atoms with van der Waals surface area (Å²) in [6.07, 6.45) is 4.58. The van der Waals surface area contributed by atoms with Crippen molar-refractivity contribution in [2.24, 2.45) is 16.8 Å². The van der Waals surface area contributed by atoms with Crippen molar-refractivity contribution < 1.29 is 0 Å². The minimum atomic E-state index is 0.0888. The molecule has 0 aliphatic carbocycles. The Morgan fingerprint density at radius 2 is 2.04 bits per heavy atom. The number of aryl methyl sites for hydroxylation is 1. The fraction of sp³-hybridized carbons (Fsp3) is 0.474. The van der Waals surface area contributed by atoms with Gasteiger partial charge in [-0.05, 0) is 62.8 Å². The van der Waals surface area contributed by atoms with Crippen molar-refractivity contribution in [3.8, 4) is 0 Å².